The van der Waals surface area contributed by atoms with E-state index in [1.165, 1.54) is 76.8 Å². The van der Waals surface area contributed by atoms with Crippen LogP contribution in [-0.2, 0) is 5.41 Å². The Balaban J connectivity index is 1.24. The van der Waals surface area contributed by atoms with Gasteiger partial charge in [0.05, 0.1) is 16.4 Å². The highest BCUT2D eigenvalue weighted by Gasteiger charge is 2.49. The van der Waals surface area contributed by atoms with Crippen molar-refractivity contribution < 1.29 is 0 Å². The van der Waals surface area contributed by atoms with Gasteiger partial charge < -0.3 is 0 Å². The van der Waals surface area contributed by atoms with Crippen molar-refractivity contribution in [1.82, 2.24) is 9.55 Å². The number of benzene rings is 9. The van der Waals surface area contributed by atoms with E-state index in [4.69, 9.17) is 4.98 Å². The summed E-state index contributed by atoms with van der Waals surface area (Å²) in [6.45, 7) is 0. The SMILES string of the molecule is C1=Cc2ccc(-c3nc4ccccc4n3-c3ccccc3)cc2C2(c3ccccc31)c1ccccc1-c1cc3c4ccccc4c4ccccc4c3cc12. The van der Waals surface area contributed by atoms with E-state index in [0.717, 1.165) is 28.1 Å². The average Bonchev–Trinajstić information content (AvgIpc) is 3.72. The van der Waals surface area contributed by atoms with E-state index in [-0.39, 0.29) is 0 Å². The van der Waals surface area contributed by atoms with Crippen LogP contribution in [0.2, 0.25) is 0 Å². The Labute approximate surface area is 312 Å². The molecule has 1 heterocycles. The number of hydrogen-bond donors (Lipinski definition) is 0. The summed E-state index contributed by atoms with van der Waals surface area (Å²) < 4.78 is 2.31. The molecule has 0 radical (unpaired) electrons. The van der Waals surface area contributed by atoms with E-state index < -0.39 is 5.41 Å². The fourth-order valence-corrected chi connectivity index (χ4v) is 9.79. The second-order valence-electron chi connectivity index (χ2n) is 14.6. The van der Waals surface area contributed by atoms with Crippen molar-refractivity contribution >= 4 is 55.5 Å². The fraction of sp³-hybridized carbons (Fsp3) is 0.0192. The maximum Gasteiger partial charge on any atom is 0.145 e. The fourth-order valence-electron chi connectivity index (χ4n) is 9.79. The molecule has 10 aromatic rings. The number of nitrogens with zero attached hydrogens (tertiary/aromatic N) is 2. The Morgan fingerprint density at radius 2 is 0.981 bits per heavy atom. The molecule has 1 aromatic heterocycles. The molecule has 2 aliphatic rings. The second kappa shape index (κ2) is 11.0. The first-order chi connectivity index (χ1) is 26.8. The Hall–Kier alpha value is -7.03. The number of para-hydroxylation sites is 3. The Bertz CT molecular complexity index is 3220. The van der Waals surface area contributed by atoms with E-state index in [1.807, 2.05) is 0 Å². The highest BCUT2D eigenvalue weighted by atomic mass is 15.1. The maximum absolute atomic E-state index is 5.33. The van der Waals surface area contributed by atoms with Crippen molar-refractivity contribution in [1.29, 1.82) is 0 Å². The zero-order chi connectivity index (χ0) is 35.4. The molecular weight excluding hydrogens is 653 g/mol. The van der Waals surface area contributed by atoms with Gasteiger partial charge in [-0.3, -0.25) is 4.57 Å². The monoisotopic (exact) mass is 684 g/mol. The van der Waals surface area contributed by atoms with Crippen molar-refractivity contribution in [2.75, 3.05) is 0 Å². The van der Waals surface area contributed by atoms with Gasteiger partial charge in [-0.1, -0.05) is 152 Å². The van der Waals surface area contributed by atoms with Crippen molar-refractivity contribution in [2.45, 2.75) is 5.41 Å². The highest BCUT2D eigenvalue weighted by molar-refractivity contribution is 6.26. The van der Waals surface area contributed by atoms with Crippen LogP contribution in [0.4, 0.5) is 0 Å². The normalized spacial score (nSPS) is 15.4. The van der Waals surface area contributed by atoms with E-state index in [2.05, 4.69) is 199 Å². The molecule has 0 fully saturated rings. The minimum absolute atomic E-state index is 0.581. The summed E-state index contributed by atoms with van der Waals surface area (Å²) >= 11 is 0. The largest absolute Gasteiger partial charge is 0.292 e. The van der Waals surface area contributed by atoms with Crippen LogP contribution >= 0.6 is 0 Å². The van der Waals surface area contributed by atoms with Crippen LogP contribution in [0.1, 0.15) is 33.4 Å². The molecule has 0 saturated heterocycles. The van der Waals surface area contributed by atoms with Crippen molar-refractivity contribution in [3.63, 3.8) is 0 Å². The number of rotatable bonds is 2. The molecule has 0 saturated carbocycles. The molecule has 1 atom stereocenters. The minimum Gasteiger partial charge on any atom is -0.292 e. The van der Waals surface area contributed by atoms with Crippen LogP contribution in [0.3, 0.4) is 0 Å². The van der Waals surface area contributed by atoms with Gasteiger partial charge in [-0.2, -0.15) is 0 Å². The smallest absolute Gasteiger partial charge is 0.145 e. The van der Waals surface area contributed by atoms with Crippen LogP contribution in [0.25, 0.3) is 83.7 Å². The zero-order valence-electron chi connectivity index (χ0n) is 29.4. The predicted octanol–water partition coefficient (Wildman–Crippen LogP) is 13.0. The predicted molar refractivity (Wildman–Crippen MR) is 225 cm³/mol. The maximum atomic E-state index is 5.33. The molecule has 250 valence electrons. The van der Waals surface area contributed by atoms with Gasteiger partial charge in [-0.15, -0.1) is 0 Å². The molecular formula is C52H32N2. The summed E-state index contributed by atoms with van der Waals surface area (Å²) in [5.41, 5.74) is 13.9. The lowest BCUT2D eigenvalue weighted by atomic mass is 9.65. The van der Waals surface area contributed by atoms with Crippen molar-refractivity contribution in [2.24, 2.45) is 0 Å². The first-order valence-electron chi connectivity index (χ1n) is 18.7. The second-order valence-corrected chi connectivity index (χ2v) is 14.6. The van der Waals surface area contributed by atoms with E-state index in [9.17, 15) is 0 Å². The van der Waals surface area contributed by atoms with Crippen molar-refractivity contribution in [3.05, 3.63) is 215 Å². The number of aromatic nitrogens is 2. The molecule has 0 aliphatic heterocycles. The van der Waals surface area contributed by atoms with E-state index in [1.54, 1.807) is 0 Å². The van der Waals surface area contributed by atoms with E-state index in [0.29, 0.717) is 0 Å². The lowest BCUT2D eigenvalue weighted by Gasteiger charge is -2.35. The van der Waals surface area contributed by atoms with Gasteiger partial charge in [0.25, 0.3) is 0 Å². The number of imidazole rings is 1. The standard InChI is InChI=1S/C52H32N2/c1-2-15-36(16-3-1)54-50-25-13-12-24-49(50)53-51(54)35-29-28-34-27-26-33-14-4-10-22-45(33)52(47(34)30-35)46-23-11-9-21-41(46)44-31-42-39-19-7-5-17-37(39)38-18-6-8-20-40(38)43(42)32-48(44)52/h1-32H. The molecule has 54 heavy (non-hydrogen) atoms. The summed E-state index contributed by atoms with van der Waals surface area (Å²) in [6.07, 6.45) is 4.63. The van der Waals surface area contributed by atoms with E-state index >= 15 is 0 Å². The van der Waals surface area contributed by atoms with Gasteiger partial charge in [0, 0.05) is 11.3 Å². The summed E-state index contributed by atoms with van der Waals surface area (Å²) in [6, 6.07) is 67.1. The summed E-state index contributed by atoms with van der Waals surface area (Å²) in [7, 11) is 0. The summed E-state index contributed by atoms with van der Waals surface area (Å²) in [5.74, 6) is 0.935. The summed E-state index contributed by atoms with van der Waals surface area (Å²) in [4.78, 5) is 5.33. The Kier molecular flexibility index (Phi) is 6.01. The third-order valence-corrected chi connectivity index (χ3v) is 12.0. The third-order valence-electron chi connectivity index (χ3n) is 12.0. The van der Waals surface area contributed by atoms with Gasteiger partial charge in [0.1, 0.15) is 5.82 Å². The number of fused-ring (bicyclic) bond motifs is 16. The molecule has 9 aromatic carbocycles. The molecule has 0 bridgehead atoms. The number of hydrogen-bond acceptors (Lipinski definition) is 1. The lowest BCUT2D eigenvalue weighted by Crippen LogP contribution is -2.30. The molecule has 2 heteroatoms. The zero-order valence-corrected chi connectivity index (χ0v) is 29.4. The van der Waals surface area contributed by atoms with Gasteiger partial charge in [-0.05, 0) is 119 Å². The highest BCUT2D eigenvalue weighted by Crippen LogP contribution is 2.60. The van der Waals surface area contributed by atoms with Crippen LogP contribution in [-0.4, -0.2) is 9.55 Å². The van der Waals surface area contributed by atoms with Gasteiger partial charge >= 0.3 is 0 Å². The molecule has 1 spiro atoms. The Morgan fingerprint density at radius 3 is 1.76 bits per heavy atom. The third kappa shape index (κ3) is 3.87. The van der Waals surface area contributed by atoms with Crippen LogP contribution in [0, 0.1) is 0 Å². The van der Waals surface area contributed by atoms with Crippen LogP contribution in [0.5, 0.6) is 0 Å². The van der Waals surface area contributed by atoms with Gasteiger partial charge in [-0.25, -0.2) is 4.98 Å². The topological polar surface area (TPSA) is 17.8 Å². The Morgan fingerprint density at radius 1 is 0.389 bits per heavy atom. The average molecular weight is 685 g/mol. The molecule has 12 rings (SSSR count). The van der Waals surface area contributed by atoms with Crippen molar-refractivity contribution in [3.8, 4) is 28.2 Å². The quantitative estimate of drug-likeness (QED) is 0.166. The van der Waals surface area contributed by atoms with Crippen LogP contribution < -0.4 is 0 Å². The molecule has 2 aliphatic carbocycles. The molecule has 0 N–H and O–H groups in total. The first kappa shape index (κ1) is 29.5. The molecule has 0 amide bonds. The van der Waals surface area contributed by atoms with Crippen LogP contribution in [0.15, 0.2) is 182 Å². The first-order valence-corrected chi connectivity index (χ1v) is 18.7. The molecule has 1 unspecified atom stereocenters. The van der Waals surface area contributed by atoms with Gasteiger partial charge in [0.15, 0.2) is 0 Å². The minimum atomic E-state index is -0.581. The van der Waals surface area contributed by atoms with Gasteiger partial charge in [0.2, 0.25) is 0 Å². The molecule has 2 nitrogen and oxygen atoms in total. The lowest BCUT2D eigenvalue weighted by molar-refractivity contribution is 0.767. The summed E-state index contributed by atoms with van der Waals surface area (Å²) in [5, 5.41) is 7.73.